The Balaban J connectivity index is 3.25. The highest BCUT2D eigenvalue weighted by Crippen LogP contribution is 2.33. The minimum absolute atomic E-state index is 0.482. The molecule has 1 unspecified atom stereocenters. The van der Waals surface area contributed by atoms with Gasteiger partial charge < -0.3 is 5.73 Å². The summed E-state index contributed by atoms with van der Waals surface area (Å²) in [5, 5.41) is 0.731. The number of nitrogens with two attached hydrogens (primary N) is 1. The molecule has 0 radical (unpaired) electrons. The van der Waals surface area contributed by atoms with Crippen LogP contribution in [-0.4, -0.2) is 0 Å². The predicted molar refractivity (Wildman–Crippen MR) is 59.3 cm³/mol. The summed E-state index contributed by atoms with van der Waals surface area (Å²) in [5.41, 5.74) is 8.86. The van der Waals surface area contributed by atoms with E-state index in [0.717, 1.165) is 11.4 Å². The van der Waals surface area contributed by atoms with Crippen LogP contribution in [0.25, 0.3) is 0 Å². The van der Waals surface area contributed by atoms with Gasteiger partial charge >= 0.3 is 0 Å². The number of hydrogen-bond acceptors (Lipinski definition) is 1. The normalized spacial score (nSPS) is 12.9. The molecular formula is C11H16ClN. The zero-order chi connectivity index (χ0) is 10.0. The summed E-state index contributed by atoms with van der Waals surface area (Å²) in [6, 6.07) is 3.90. The Hall–Kier alpha value is -0.690. The van der Waals surface area contributed by atoms with Crippen LogP contribution in [-0.2, 0) is 0 Å². The molecule has 13 heavy (non-hydrogen) atoms. The number of nitrogen functional groups attached to an aromatic ring is 1. The van der Waals surface area contributed by atoms with Crippen LogP contribution in [0.5, 0.6) is 0 Å². The standard InChI is InChI=1S/C11H16ClN/c1-4-7(2)10-8(3)5-6-9(13)11(10)12/h5-7H,4,13H2,1-3H3. The second kappa shape index (κ2) is 4.01. The van der Waals surface area contributed by atoms with Crippen molar-refractivity contribution < 1.29 is 0 Å². The molecule has 1 atom stereocenters. The topological polar surface area (TPSA) is 26.0 Å². The predicted octanol–water partition coefficient (Wildman–Crippen LogP) is 3.74. The minimum atomic E-state index is 0.482. The Morgan fingerprint density at radius 1 is 1.46 bits per heavy atom. The first-order valence-corrected chi connectivity index (χ1v) is 5.00. The third-order valence-corrected chi connectivity index (χ3v) is 2.95. The Kier molecular flexibility index (Phi) is 3.21. The number of rotatable bonds is 2. The van der Waals surface area contributed by atoms with Crippen molar-refractivity contribution in [1.82, 2.24) is 0 Å². The van der Waals surface area contributed by atoms with Gasteiger partial charge in [-0.15, -0.1) is 0 Å². The van der Waals surface area contributed by atoms with Crippen LogP contribution in [0.2, 0.25) is 5.02 Å². The fraction of sp³-hybridized carbons (Fsp3) is 0.455. The Bertz CT molecular complexity index is 307. The molecule has 0 bridgehead atoms. The van der Waals surface area contributed by atoms with Crippen LogP contribution >= 0.6 is 11.6 Å². The third kappa shape index (κ3) is 1.97. The van der Waals surface area contributed by atoms with Gasteiger partial charge in [0.25, 0.3) is 0 Å². The summed E-state index contributed by atoms with van der Waals surface area (Å²) in [4.78, 5) is 0. The van der Waals surface area contributed by atoms with Crippen LogP contribution in [0.4, 0.5) is 5.69 Å². The molecule has 0 saturated heterocycles. The van der Waals surface area contributed by atoms with E-state index in [1.165, 1.54) is 11.1 Å². The van der Waals surface area contributed by atoms with Gasteiger partial charge in [0.2, 0.25) is 0 Å². The molecule has 72 valence electrons. The van der Waals surface area contributed by atoms with Crippen molar-refractivity contribution in [2.45, 2.75) is 33.1 Å². The first-order chi connectivity index (χ1) is 6.07. The van der Waals surface area contributed by atoms with Gasteiger partial charge in [-0.3, -0.25) is 0 Å². The van der Waals surface area contributed by atoms with E-state index < -0.39 is 0 Å². The van der Waals surface area contributed by atoms with Gasteiger partial charge in [-0.1, -0.05) is 31.5 Å². The highest BCUT2D eigenvalue weighted by molar-refractivity contribution is 6.34. The maximum absolute atomic E-state index is 6.15. The van der Waals surface area contributed by atoms with Crippen LogP contribution in [0.1, 0.15) is 37.3 Å². The van der Waals surface area contributed by atoms with Crippen molar-refractivity contribution in [2.75, 3.05) is 5.73 Å². The van der Waals surface area contributed by atoms with Crippen molar-refractivity contribution in [1.29, 1.82) is 0 Å². The van der Waals surface area contributed by atoms with Gasteiger partial charge in [-0.05, 0) is 36.5 Å². The Labute approximate surface area is 84.9 Å². The average Bonchev–Trinajstić information content (AvgIpc) is 2.12. The van der Waals surface area contributed by atoms with E-state index in [9.17, 15) is 0 Å². The van der Waals surface area contributed by atoms with Gasteiger partial charge in [0.1, 0.15) is 0 Å². The first kappa shape index (κ1) is 10.4. The smallest absolute Gasteiger partial charge is 0.0672 e. The maximum Gasteiger partial charge on any atom is 0.0672 e. The van der Waals surface area contributed by atoms with E-state index in [2.05, 4.69) is 20.8 Å². The number of benzene rings is 1. The molecule has 0 aromatic heterocycles. The average molecular weight is 198 g/mol. The molecular weight excluding hydrogens is 182 g/mol. The van der Waals surface area contributed by atoms with Gasteiger partial charge in [0.15, 0.2) is 0 Å². The molecule has 0 amide bonds. The van der Waals surface area contributed by atoms with Crippen molar-refractivity contribution in [3.63, 3.8) is 0 Å². The molecule has 0 saturated carbocycles. The molecule has 1 aromatic rings. The van der Waals surface area contributed by atoms with E-state index in [1.807, 2.05) is 12.1 Å². The summed E-state index contributed by atoms with van der Waals surface area (Å²) in [5.74, 6) is 0.482. The van der Waals surface area contributed by atoms with Gasteiger partial charge in [-0.25, -0.2) is 0 Å². The first-order valence-electron chi connectivity index (χ1n) is 4.62. The number of halogens is 1. The lowest BCUT2D eigenvalue weighted by atomic mass is 9.94. The number of hydrogen-bond donors (Lipinski definition) is 1. The van der Waals surface area contributed by atoms with Crippen LogP contribution in [0.15, 0.2) is 12.1 Å². The molecule has 0 heterocycles. The highest BCUT2D eigenvalue weighted by atomic mass is 35.5. The molecule has 0 fully saturated rings. The lowest BCUT2D eigenvalue weighted by molar-refractivity contribution is 0.729. The summed E-state index contributed by atoms with van der Waals surface area (Å²) in [6.45, 7) is 6.41. The number of anilines is 1. The lowest BCUT2D eigenvalue weighted by Crippen LogP contribution is -1.99. The minimum Gasteiger partial charge on any atom is -0.398 e. The maximum atomic E-state index is 6.15. The largest absolute Gasteiger partial charge is 0.398 e. The molecule has 1 aromatic carbocycles. The Morgan fingerprint density at radius 2 is 2.08 bits per heavy atom. The highest BCUT2D eigenvalue weighted by Gasteiger charge is 2.12. The van der Waals surface area contributed by atoms with Crippen LogP contribution < -0.4 is 5.73 Å². The lowest BCUT2D eigenvalue weighted by Gasteiger charge is -2.15. The van der Waals surface area contributed by atoms with Crippen molar-refractivity contribution in [3.8, 4) is 0 Å². The fourth-order valence-electron chi connectivity index (χ4n) is 1.52. The molecule has 0 spiro atoms. The van der Waals surface area contributed by atoms with Crippen LogP contribution in [0, 0.1) is 6.92 Å². The van der Waals surface area contributed by atoms with Gasteiger partial charge in [0, 0.05) is 0 Å². The fourth-order valence-corrected chi connectivity index (χ4v) is 1.91. The summed E-state index contributed by atoms with van der Waals surface area (Å²) in [6.07, 6.45) is 1.09. The second-order valence-electron chi connectivity index (χ2n) is 3.51. The van der Waals surface area contributed by atoms with Crippen molar-refractivity contribution >= 4 is 17.3 Å². The molecule has 0 aliphatic rings. The van der Waals surface area contributed by atoms with E-state index in [4.69, 9.17) is 17.3 Å². The van der Waals surface area contributed by atoms with E-state index in [0.29, 0.717) is 11.6 Å². The van der Waals surface area contributed by atoms with Crippen molar-refractivity contribution in [3.05, 3.63) is 28.3 Å². The summed E-state index contributed by atoms with van der Waals surface area (Å²) in [7, 11) is 0. The molecule has 2 N–H and O–H groups in total. The van der Waals surface area contributed by atoms with E-state index in [-0.39, 0.29) is 0 Å². The van der Waals surface area contributed by atoms with E-state index in [1.54, 1.807) is 0 Å². The summed E-state index contributed by atoms with van der Waals surface area (Å²) >= 11 is 6.15. The van der Waals surface area contributed by atoms with E-state index >= 15 is 0 Å². The molecule has 1 rings (SSSR count). The van der Waals surface area contributed by atoms with Gasteiger partial charge in [0.05, 0.1) is 10.7 Å². The zero-order valence-electron chi connectivity index (χ0n) is 8.39. The SMILES string of the molecule is CCC(C)c1c(C)ccc(N)c1Cl. The molecule has 2 heteroatoms. The Morgan fingerprint density at radius 3 is 2.62 bits per heavy atom. The quantitative estimate of drug-likeness (QED) is 0.719. The molecule has 0 aliphatic carbocycles. The molecule has 0 aliphatic heterocycles. The monoisotopic (exact) mass is 197 g/mol. The summed E-state index contributed by atoms with van der Waals surface area (Å²) < 4.78 is 0. The molecule has 1 nitrogen and oxygen atoms in total. The second-order valence-corrected chi connectivity index (χ2v) is 3.89. The number of aryl methyl sites for hydroxylation is 1. The third-order valence-electron chi connectivity index (χ3n) is 2.53. The zero-order valence-corrected chi connectivity index (χ0v) is 9.15. The van der Waals surface area contributed by atoms with Gasteiger partial charge in [-0.2, -0.15) is 0 Å². The van der Waals surface area contributed by atoms with Crippen LogP contribution in [0.3, 0.4) is 0 Å². The van der Waals surface area contributed by atoms with Crippen molar-refractivity contribution in [2.24, 2.45) is 0 Å².